The summed E-state index contributed by atoms with van der Waals surface area (Å²) >= 11 is 0. The van der Waals surface area contributed by atoms with E-state index in [-0.39, 0.29) is 11.7 Å². The van der Waals surface area contributed by atoms with Crippen LogP contribution in [0.15, 0.2) is 42.7 Å². The maximum absolute atomic E-state index is 12.9. The summed E-state index contributed by atoms with van der Waals surface area (Å²) < 4.78 is 11.5. The molecule has 1 aromatic carbocycles. The molecule has 1 aliphatic heterocycles. The number of allylic oxidation sites excluding steroid dienone is 1. The summed E-state index contributed by atoms with van der Waals surface area (Å²) in [7, 11) is 0. The summed E-state index contributed by atoms with van der Waals surface area (Å²) in [6.07, 6.45) is 10.00. The fourth-order valence-electron chi connectivity index (χ4n) is 3.98. The highest BCUT2D eigenvalue weighted by Gasteiger charge is 2.22. The Hall–Kier alpha value is -3.45. The molecule has 2 aliphatic rings. The van der Waals surface area contributed by atoms with Crippen molar-refractivity contribution in [1.29, 1.82) is 0 Å². The van der Waals surface area contributed by atoms with Crippen LogP contribution in [0.4, 0.5) is 0 Å². The first-order chi connectivity index (χ1) is 15.2. The van der Waals surface area contributed by atoms with E-state index in [4.69, 9.17) is 9.47 Å². The first-order valence-electron chi connectivity index (χ1n) is 10.5. The highest BCUT2D eigenvalue weighted by molar-refractivity contribution is 5.61. The van der Waals surface area contributed by atoms with Crippen LogP contribution in [0.3, 0.4) is 0 Å². The number of fused-ring (bicyclic) bond motifs is 1. The van der Waals surface area contributed by atoms with Crippen molar-refractivity contribution in [2.45, 2.75) is 32.1 Å². The van der Waals surface area contributed by atoms with Crippen LogP contribution in [0.2, 0.25) is 0 Å². The summed E-state index contributed by atoms with van der Waals surface area (Å²) in [5.74, 6) is 1.24. The van der Waals surface area contributed by atoms with Gasteiger partial charge in [0.1, 0.15) is 16.9 Å². The van der Waals surface area contributed by atoms with Crippen LogP contribution in [0, 0.1) is 0 Å². The Morgan fingerprint density at radius 3 is 2.68 bits per heavy atom. The van der Waals surface area contributed by atoms with Gasteiger partial charge in [0, 0.05) is 31.5 Å². The molecule has 5 rings (SSSR count). The molecule has 7 heteroatoms. The molecular formula is C24H23N4O3-. The number of H-pyrrole nitrogens is 1. The lowest BCUT2D eigenvalue weighted by Gasteiger charge is -2.22. The fraction of sp³-hybridized carbons (Fsp3) is 0.292. The van der Waals surface area contributed by atoms with Gasteiger partial charge in [-0.1, -0.05) is 24.0 Å². The van der Waals surface area contributed by atoms with Crippen LogP contribution in [-0.4, -0.2) is 33.1 Å². The number of benzene rings is 1. The van der Waals surface area contributed by atoms with Gasteiger partial charge in [-0.2, -0.15) is 0 Å². The molecule has 31 heavy (non-hydrogen) atoms. The normalized spacial score (nSPS) is 17.4. The van der Waals surface area contributed by atoms with Crippen LogP contribution < -0.4 is 20.7 Å². The zero-order valence-electron chi connectivity index (χ0n) is 17.3. The maximum Gasteiger partial charge on any atom is 0.241 e. The van der Waals surface area contributed by atoms with E-state index in [2.05, 4.69) is 26.0 Å². The van der Waals surface area contributed by atoms with Crippen molar-refractivity contribution < 1.29 is 14.6 Å². The van der Waals surface area contributed by atoms with Gasteiger partial charge in [-0.25, -0.2) is 9.97 Å². The lowest BCUT2D eigenvalue weighted by atomic mass is 9.96. The van der Waals surface area contributed by atoms with Crippen molar-refractivity contribution in [3.8, 4) is 11.6 Å². The lowest BCUT2D eigenvalue weighted by Crippen LogP contribution is -2.23. The molecule has 0 bridgehead atoms. The topological polar surface area (TPSA) is 96.0 Å². The number of ether oxygens (including phenoxy) is 2. The first-order valence-corrected chi connectivity index (χ1v) is 10.5. The number of imidazole rings is 1. The van der Waals surface area contributed by atoms with Crippen LogP contribution >= 0.6 is 0 Å². The van der Waals surface area contributed by atoms with Gasteiger partial charge in [-0.05, 0) is 55.5 Å². The largest absolute Gasteiger partial charge is 0.870 e. The SMILES string of the molecule is CC1=c2[nH]c(=C([O-])c3ccc(Oc4nccnc4C4CCOCC4)cc3)nc2C=CC1. The van der Waals surface area contributed by atoms with Crippen molar-refractivity contribution in [3.05, 3.63) is 70.5 Å². The molecule has 3 aromatic rings. The third-order valence-electron chi connectivity index (χ3n) is 5.70. The molecule has 7 nitrogen and oxygen atoms in total. The van der Waals surface area contributed by atoms with Crippen molar-refractivity contribution >= 4 is 17.4 Å². The molecule has 0 unspecified atom stereocenters. The van der Waals surface area contributed by atoms with Crippen LogP contribution in [0.25, 0.3) is 17.4 Å². The van der Waals surface area contributed by atoms with E-state index < -0.39 is 0 Å². The van der Waals surface area contributed by atoms with Gasteiger partial charge in [-0.15, -0.1) is 0 Å². The second kappa shape index (κ2) is 8.35. The second-order valence-corrected chi connectivity index (χ2v) is 7.82. The summed E-state index contributed by atoms with van der Waals surface area (Å²) in [4.78, 5) is 16.5. The Bertz CT molecular complexity index is 1240. The Morgan fingerprint density at radius 2 is 1.90 bits per heavy atom. The minimum absolute atomic E-state index is 0.149. The Labute approximate surface area is 179 Å². The molecule has 1 aliphatic carbocycles. The summed E-state index contributed by atoms with van der Waals surface area (Å²) in [5.41, 5.74) is 3.74. The highest BCUT2D eigenvalue weighted by atomic mass is 16.5. The Kier molecular flexibility index (Phi) is 5.26. The number of rotatable bonds is 4. The molecule has 1 saturated heterocycles. The summed E-state index contributed by atoms with van der Waals surface area (Å²) in [6.45, 7) is 3.49. The van der Waals surface area contributed by atoms with Crippen molar-refractivity contribution in [2.24, 2.45) is 0 Å². The molecule has 0 radical (unpaired) electrons. The maximum atomic E-state index is 12.9. The molecule has 158 valence electrons. The molecule has 0 amide bonds. The van der Waals surface area contributed by atoms with Crippen molar-refractivity contribution in [1.82, 2.24) is 19.9 Å². The van der Waals surface area contributed by atoms with Crippen LogP contribution in [-0.2, 0) is 4.74 Å². The van der Waals surface area contributed by atoms with E-state index in [9.17, 15) is 5.11 Å². The Balaban J connectivity index is 1.41. The van der Waals surface area contributed by atoms with E-state index in [0.717, 1.165) is 49.2 Å². The smallest absolute Gasteiger partial charge is 0.241 e. The molecule has 0 saturated carbocycles. The van der Waals surface area contributed by atoms with E-state index in [0.29, 0.717) is 22.7 Å². The minimum Gasteiger partial charge on any atom is -0.870 e. The molecule has 2 aromatic heterocycles. The molecule has 0 atom stereocenters. The zero-order chi connectivity index (χ0) is 21.2. The predicted molar refractivity (Wildman–Crippen MR) is 114 cm³/mol. The molecule has 3 heterocycles. The first kappa shape index (κ1) is 19.5. The molecular weight excluding hydrogens is 392 g/mol. The third kappa shape index (κ3) is 3.96. The standard InChI is InChI=1S/C24H24N4O3/c1-15-3-2-4-19-20(15)28-23(27-19)22(29)17-5-7-18(8-6-17)31-24-21(25-11-12-26-24)16-9-13-30-14-10-16/h2,4-8,11-12,16,28-29H,3,9-10,13-14H2,1H3/p-1. The average molecular weight is 415 g/mol. The van der Waals surface area contributed by atoms with Gasteiger partial charge >= 0.3 is 0 Å². The zero-order valence-corrected chi connectivity index (χ0v) is 17.3. The number of nitrogens with zero attached hydrogens (tertiary/aromatic N) is 3. The average Bonchev–Trinajstić information content (AvgIpc) is 3.26. The minimum atomic E-state index is -0.149. The quantitative estimate of drug-likeness (QED) is 0.700. The predicted octanol–water partition coefficient (Wildman–Crippen LogP) is 1.99. The number of nitrogens with one attached hydrogen (secondary N) is 1. The summed E-state index contributed by atoms with van der Waals surface area (Å²) in [5, 5.41) is 13.8. The number of aromatic amines is 1. The fourth-order valence-corrected chi connectivity index (χ4v) is 3.98. The van der Waals surface area contributed by atoms with Gasteiger partial charge in [0.15, 0.2) is 0 Å². The monoisotopic (exact) mass is 415 g/mol. The van der Waals surface area contributed by atoms with E-state index in [1.54, 1.807) is 36.7 Å². The number of hydrogen-bond acceptors (Lipinski definition) is 6. The van der Waals surface area contributed by atoms with E-state index in [1.807, 2.05) is 13.0 Å². The van der Waals surface area contributed by atoms with Crippen molar-refractivity contribution in [3.63, 3.8) is 0 Å². The number of aromatic nitrogens is 4. The van der Waals surface area contributed by atoms with Gasteiger partial charge in [-0.3, -0.25) is 4.98 Å². The van der Waals surface area contributed by atoms with Gasteiger partial charge in [0.05, 0.1) is 11.0 Å². The number of hydrogen-bond donors (Lipinski definition) is 1. The lowest BCUT2D eigenvalue weighted by molar-refractivity contribution is -0.245. The molecule has 1 fully saturated rings. The second-order valence-electron chi connectivity index (χ2n) is 7.82. The molecule has 0 spiro atoms. The van der Waals surface area contributed by atoms with Gasteiger partial charge < -0.3 is 19.6 Å². The Morgan fingerprint density at radius 1 is 1.13 bits per heavy atom. The summed E-state index contributed by atoms with van der Waals surface area (Å²) in [6, 6.07) is 7.04. The van der Waals surface area contributed by atoms with E-state index >= 15 is 0 Å². The van der Waals surface area contributed by atoms with Gasteiger partial charge in [0.25, 0.3) is 0 Å². The molecule has 1 N–H and O–H groups in total. The van der Waals surface area contributed by atoms with Crippen LogP contribution in [0.1, 0.15) is 49.1 Å². The van der Waals surface area contributed by atoms with Crippen LogP contribution in [0.5, 0.6) is 11.6 Å². The van der Waals surface area contributed by atoms with E-state index in [1.165, 1.54) is 5.57 Å². The third-order valence-corrected chi connectivity index (χ3v) is 5.70. The highest BCUT2D eigenvalue weighted by Crippen LogP contribution is 2.32. The van der Waals surface area contributed by atoms with Gasteiger partial charge in [0.2, 0.25) is 5.88 Å². The van der Waals surface area contributed by atoms with Crippen molar-refractivity contribution in [2.75, 3.05) is 13.2 Å².